The number of nitrogens with two attached hydrogens (primary N) is 1. The molecule has 0 aliphatic carbocycles. The van der Waals surface area contributed by atoms with Crippen LogP contribution in [-0.4, -0.2) is 48.6 Å². The van der Waals surface area contributed by atoms with Crippen LogP contribution in [0.1, 0.15) is 16.8 Å². The lowest BCUT2D eigenvalue weighted by Crippen LogP contribution is -2.28. The van der Waals surface area contributed by atoms with E-state index in [-0.39, 0.29) is 34.9 Å². The number of anilines is 1. The number of pyridine rings is 1. The number of hydrogen-bond acceptors (Lipinski definition) is 5. The zero-order chi connectivity index (χ0) is 19.0. The molecular weight excluding hydrogens is 348 g/mol. The van der Waals surface area contributed by atoms with Gasteiger partial charge in [-0.15, -0.1) is 0 Å². The molecule has 0 bridgehead atoms. The zero-order valence-corrected chi connectivity index (χ0v) is 14.2. The standard InChI is InChI=1S/C17H19F2N3O4/c1-26-16-13-10(6-12(19)14(16)21-4-2-9(20)7-21)15(23)11(17(24)25)8-22(13)5-3-18/h6,8-9H,2-5,7,20H2,1H3,(H,24,25). The fourth-order valence-electron chi connectivity index (χ4n) is 3.39. The van der Waals surface area contributed by atoms with E-state index in [4.69, 9.17) is 10.5 Å². The van der Waals surface area contributed by atoms with Crippen LogP contribution in [0.3, 0.4) is 0 Å². The van der Waals surface area contributed by atoms with E-state index < -0.39 is 29.5 Å². The number of aromatic nitrogens is 1. The van der Waals surface area contributed by atoms with Crippen LogP contribution in [-0.2, 0) is 6.54 Å². The van der Waals surface area contributed by atoms with Gasteiger partial charge in [-0.25, -0.2) is 13.6 Å². The number of aryl methyl sites for hydroxylation is 1. The summed E-state index contributed by atoms with van der Waals surface area (Å²) in [7, 11) is 1.32. The van der Waals surface area contributed by atoms with E-state index in [9.17, 15) is 23.5 Å². The number of carbonyl (C=O) groups is 1. The Balaban J connectivity index is 2.38. The van der Waals surface area contributed by atoms with Crippen LogP contribution in [0.15, 0.2) is 17.1 Å². The Bertz CT molecular complexity index is 929. The van der Waals surface area contributed by atoms with Crippen molar-refractivity contribution < 1.29 is 23.4 Å². The van der Waals surface area contributed by atoms with Crippen LogP contribution in [0.2, 0.25) is 0 Å². The first-order valence-corrected chi connectivity index (χ1v) is 8.12. The second-order valence-corrected chi connectivity index (χ2v) is 6.19. The van der Waals surface area contributed by atoms with Gasteiger partial charge in [0.2, 0.25) is 5.43 Å². The number of rotatable bonds is 5. The van der Waals surface area contributed by atoms with Crippen LogP contribution in [0.5, 0.6) is 5.75 Å². The first-order chi connectivity index (χ1) is 12.4. The smallest absolute Gasteiger partial charge is 0.341 e. The molecular formula is C17H19F2N3O4. The molecule has 3 N–H and O–H groups in total. The number of halogens is 2. The van der Waals surface area contributed by atoms with Crippen molar-refractivity contribution in [1.29, 1.82) is 0 Å². The molecule has 1 aliphatic heterocycles. The molecule has 1 aliphatic rings. The molecule has 9 heteroatoms. The van der Waals surface area contributed by atoms with Gasteiger partial charge in [0.1, 0.15) is 17.9 Å². The van der Waals surface area contributed by atoms with Crippen LogP contribution in [0.4, 0.5) is 14.5 Å². The number of hydrogen-bond donors (Lipinski definition) is 2. The van der Waals surface area contributed by atoms with Crippen LogP contribution in [0.25, 0.3) is 10.9 Å². The van der Waals surface area contributed by atoms with Gasteiger partial charge in [-0.3, -0.25) is 4.79 Å². The summed E-state index contributed by atoms with van der Waals surface area (Å²) in [5.74, 6) is -2.11. The highest BCUT2D eigenvalue weighted by Crippen LogP contribution is 2.39. The molecule has 140 valence electrons. The van der Waals surface area contributed by atoms with Crippen molar-refractivity contribution in [3.05, 3.63) is 33.9 Å². The second-order valence-electron chi connectivity index (χ2n) is 6.19. The summed E-state index contributed by atoms with van der Waals surface area (Å²) in [6.45, 7) is -0.0562. The summed E-state index contributed by atoms with van der Waals surface area (Å²) in [4.78, 5) is 25.5. The minimum atomic E-state index is -1.46. The molecule has 1 unspecified atom stereocenters. The van der Waals surface area contributed by atoms with Gasteiger partial charge in [0.05, 0.1) is 24.6 Å². The summed E-state index contributed by atoms with van der Waals surface area (Å²) in [6, 6.07) is 0.873. The van der Waals surface area contributed by atoms with Gasteiger partial charge in [0.15, 0.2) is 11.6 Å². The minimum Gasteiger partial charge on any atom is -0.492 e. The predicted molar refractivity (Wildman–Crippen MR) is 92.5 cm³/mol. The van der Waals surface area contributed by atoms with Crippen molar-refractivity contribution in [1.82, 2.24) is 4.57 Å². The van der Waals surface area contributed by atoms with Gasteiger partial charge in [0.25, 0.3) is 0 Å². The largest absolute Gasteiger partial charge is 0.492 e. The number of carboxylic acids is 1. The number of carboxylic acid groups (broad SMARTS) is 1. The first kappa shape index (κ1) is 18.1. The van der Waals surface area contributed by atoms with Gasteiger partial charge in [-0.05, 0) is 12.5 Å². The number of methoxy groups -OCH3 is 1. The lowest BCUT2D eigenvalue weighted by molar-refractivity contribution is 0.0694. The summed E-state index contributed by atoms with van der Waals surface area (Å²) >= 11 is 0. The van der Waals surface area contributed by atoms with Crippen molar-refractivity contribution in [3.8, 4) is 5.75 Å². The summed E-state index contributed by atoms with van der Waals surface area (Å²) in [6.07, 6.45) is 1.74. The highest BCUT2D eigenvalue weighted by Gasteiger charge is 2.29. The topological polar surface area (TPSA) is 97.8 Å². The van der Waals surface area contributed by atoms with Crippen molar-refractivity contribution in [3.63, 3.8) is 0 Å². The molecule has 7 nitrogen and oxygen atoms in total. The lowest BCUT2D eigenvalue weighted by Gasteiger charge is -2.24. The molecule has 3 rings (SSSR count). The maximum atomic E-state index is 14.8. The Morgan fingerprint density at radius 1 is 1.50 bits per heavy atom. The number of benzene rings is 1. The van der Waals surface area contributed by atoms with Crippen molar-refractivity contribution in [2.75, 3.05) is 31.8 Å². The van der Waals surface area contributed by atoms with E-state index >= 15 is 0 Å². The maximum Gasteiger partial charge on any atom is 0.341 e. The molecule has 1 saturated heterocycles. The number of alkyl halides is 1. The molecule has 2 aromatic rings. The Labute approximate surface area is 147 Å². The van der Waals surface area contributed by atoms with E-state index in [1.54, 1.807) is 4.90 Å². The number of fused-ring (bicyclic) bond motifs is 1. The lowest BCUT2D eigenvalue weighted by atomic mass is 10.1. The van der Waals surface area contributed by atoms with Gasteiger partial charge < -0.3 is 25.0 Å². The third kappa shape index (κ3) is 2.88. The minimum absolute atomic E-state index is 0.0663. The van der Waals surface area contributed by atoms with E-state index in [1.165, 1.54) is 11.7 Å². The number of aromatic carboxylic acids is 1. The van der Waals surface area contributed by atoms with E-state index in [0.29, 0.717) is 19.5 Å². The highest BCUT2D eigenvalue weighted by atomic mass is 19.1. The fourth-order valence-corrected chi connectivity index (χ4v) is 3.39. The Hall–Kier alpha value is -2.68. The van der Waals surface area contributed by atoms with E-state index in [0.717, 1.165) is 12.3 Å². The van der Waals surface area contributed by atoms with Crippen LogP contribution in [0, 0.1) is 5.82 Å². The van der Waals surface area contributed by atoms with E-state index in [2.05, 4.69) is 0 Å². The van der Waals surface area contributed by atoms with Crippen molar-refractivity contribution in [2.45, 2.75) is 19.0 Å². The fraction of sp³-hybridized carbons (Fsp3) is 0.412. The molecule has 0 saturated carbocycles. The highest BCUT2D eigenvalue weighted by molar-refractivity contribution is 5.97. The van der Waals surface area contributed by atoms with Crippen LogP contribution < -0.4 is 20.8 Å². The average molecular weight is 367 g/mol. The van der Waals surface area contributed by atoms with Gasteiger partial charge in [0, 0.05) is 25.3 Å². The van der Waals surface area contributed by atoms with Gasteiger partial charge in [-0.2, -0.15) is 0 Å². The summed E-state index contributed by atoms with van der Waals surface area (Å²) in [5.41, 5.74) is 4.81. The molecule has 0 spiro atoms. The molecule has 1 fully saturated rings. The number of ether oxygens (including phenoxy) is 1. The van der Waals surface area contributed by atoms with Gasteiger partial charge >= 0.3 is 5.97 Å². The molecule has 1 aromatic heterocycles. The third-order valence-electron chi connectivity index (χ3n) is 4.54. The Morgan fingerprint density at radius 3 is 2.77 bits per heavy atom. The monoisotopic (exact) mass is 367 g/mol. The summed E-state index contributed by atoms with van der Waals surface area (Å²) in [5, 5.41) is 9.05. The first-order valence-electron chi connectivity index (χ1n) is 8.12. The summed E-state index contributed by atoms with van der Waals surface area (Å²) < 4.78 is 34.5. The molecule has 0 amide bonds. The number of nitrogens with zero attached hydrogens (tertiary/aromatic N) is 2. The SMILES string of the molecule is COc1c(N2CCC(N)C2)c(F)cc2c(=O)c(C(=O)O)cn(CCF)c12. The molecule has 1 atom stereocenters. The van der Waals surface area contributed by atoms with E-state index in [1.807, 2.05) is 0 Å². The van der Waals surface area contributed by atoms with Crippen LogP contribution >= 0.6 is 0 Å². The normalized spacial score (nSPS) is 17.1. The van der Waals surface area contributed by atoms with Gasteiger partial charge in [-0.1, -0.05) is 0 Å². The molecule has 2 heterocycles. The zero-order valence-electron chi connectivity index (χ0n) is 14.2. The second kappa shape index (κ2) is 6.91. The molecule has 1 aromatic carbocycles. The molecule has 26 heavy (non-hydrogen) atoms. The predicted octanol–water partition coefficient (Wildman–Crippen LogP) is 1.35. The van der Waals surface area contributed by atoms with Crippen molar-refractivity contribution in [2.24, 2.45) is 5.73 Å². The van der Waals surface area contributed by atoms with Crippen molar-refractivity contribution >= 4 is 22.6 Å². The maximum absolute atomic E-state index is 14.8. The molecule has 0 radical (unpaired) electrons. The quantitative estimate of drug-likeness (QED) is 0.828. The average Bonchev–Trinajstić information content (AvgIpc) is 3.02. The Kier molecular flexibility index (Phi) is 4.82. The third-order valence-corrected chi connectivity index (χ3v) is 4.54. The Morgan fingerprint density at radius 2 is 2.23 bits per heavy atom.